The van der Waals surface area contributed by atoms with E-state index in [-0.39, 0.29) is 37.3 Å². The summed E-state index contributed by atoms with van der Waals surface area (Å²) in [5.74, 6) is -2.06. The van der Waals surface area contributed by atoms with Crippen LogP contribution < -0.4 is 16.4 Å². The predicted molar refractivity (Wildman–Crippen MR) is 151 cm³/mol. The summed E-state index contributed by atoms with van der Waals surface area (Å²) in [6.07, 6.45) is 3.27. The summed E-state index contributed by atoms with van der Waals surface area (Å²) in [5.41, 5.74) is 7.50. The van der Waals surface area contributed by atoms with Crippen LogP contribution in [-0.2, 0) is 32.0 Å². The third-order valence-corrected chi connectivity index (χ3v) is 7.43. The van der Waals surface area contributed by atoms with Crippen LogP contribution in [-0.4, -0.2) is 86.6 Å². The summed E-state index contributed by atoms with van der Waals surface area (Å²) in [4.78, 5) is 52.9. The van der Waals surface area contributed by atoms with Crippen LogP contribution in [0.5, 0.6) is 11.5 Å². The summed E-state index contributed by atoms with van der Waals surface area (Å²) < 4.78 is 0. The molecule has 1 fully saturated rings. The molecular weight excluding hydrogens is 536 g/mol. The molecular formula is C28H36N4O7S. The van der Waals surface area contributed by atoms with Gasteiger partial charge in [0.25, 0.3) is 0 Å². The lowest BCUT2D eigenvalue weighted by Gasteiger charge is -2.29. The fraction of sp³-hybridized carbons (Fsp3) is 0.429. The number of carboxylic acid groups (broad SMARTS) is 1. The van der Waals surface area contributed by atoms with E-state index in [2.05, 4.69) is 10.6 Å². The highest BCUT2D eigenvalue weighted by atomic mass is 32.2. The van der Waals surface area contributed by atoms with Crippen LogP contribution in [0.15, 0.2) is 48.5 Å². The van der Waals surface area contributed by atoms with Crippen molar-refractivity contribution in [1.29, 1.82) is 0 Å². The van der Waals surface area contributed by atoms with Crippen molar-refractivity contribution in [2.24, 2.45) is 5.73 Å². The lowest BCUT2D eigenvalue weighted by molar-refractivity contribution is -0.149. The molecule has 0 bridgehead atoms. The lowest BCUT2D eigenvalue weighted by atomic mass is 10.0. The average molecular weight is 573 g/mol. The highest BCUT2D eigenvalue weighted by Crippen LogP contribution is 2.20. The van der Waals surface area contributed by atoms with Gasteiger partial charge < -0.3 is 36.6 Å². The number of amides is 3. The van der Waals surface area contributed by atoms with Gasteiger partial charge in [-0.05, 0) is 73.1 Å². The molecule has 1 saturated heterocycles. The number of nitrogens with zero attached hydrogens (tertiary/aromatic N) is 1. The zero-order chi connectivity index (χ0) is 29.2. The molecule has 3 rings (SSSR count). The maximum atomic E-state index is 13.5. The number of nitrogens with two attached hydrogens (primary N) is 1. The number of benzene rings is 2. The van der Waals surface area contributed by atoms with Gasteiger partial charge in [-0.1, -0.05) is 24.3 Å². The van der Waals surface area contributed by atoms with Gasteiger partial charge in [0.2, 0.25) is 17.7 Å². The van der Waals surface area contributed by atoms with E-state index in [1.54, 1.807) is 24.3 Å². The van der Waals surface area contributed by atoms with Gasteiger partial charge in [0.05, 0.1) is 6.04 Å². The van der Waals surface area contributed by atoms with Crippen molar-refractivity contribution in [2.45, 2.75) is 56.3 Å². The van der Waals surface area contributed by atoms with Crippen LogP contribution in [0.4, 0.5) is 0 Å². The molecule has 0 saturated carbocycles. The van der Waals surface area contributed by atoms with Crippen molar-refractivity contribution in [3.63, 3.8) is 0 Å². The number of likely N-dealkylation sites (tertiary alicyclic amines) is 1. The second-order valence-corrected chi connectivity index (χ2v) is 10.8. The van der Waals surface area contributed by atoms with E-state index in [4.69, 9.17) is 5.73 Å². The molecule has 1 heterocycles. The van der Waals surface area contributed by atoms with Gasteiger partial charge in [-0.2, -0.15) is 11.8 Å². The molecule has 3 amide bonds. The number of hydrogen-bond donors (Lipinski definition) is 6. The first-order valence-electron chi connectivity index (χ1n) is 13.0. The van der Waals surface area contributed by atoms with Crippen molar-refractivity contribution in [3.05, 3.63) is 59.7 Å². The number of carbonyl (C=O) groups is 4. The Morgan fingerprint density at radius 1 is 0.925 bits per heavy atom. The molecule has 2 aromatic carbocycles. The predicted octanol–water partition coefficient (Wildman–Crippen LogP) is 1.01. The number of hydrogen-bond acceptors (Lipinski definition) is 8. The molecule has 0 aromatic heterocycles. The van der Waals surface area contributed by atoms with Crippen LogP contribution in [0.2, 0.25) is 0 Å². The Morgan fingerprint density at radius 2 is 1.48 bits per heavy atom. The van der Waals surface area contributed by atoms with E-state index in [1.807, 2.05) is 6.26 Å². The molecule has 11 nitrogen and oxygen atoms in total. The monoisotopic (exact) mass is 572 g/mol. The minimum Gasteiger partial charge on any atom is -0.508 e. The highest BCUT2D eigenvalue weighted by Gasteiger charge is 2.38. The van der Waals surface area contributed by atoms with Gasteiger partial charge in [0.15, 0.2) is 0 Å². The van der Waals surface area contributed by atoms with Crippen molar-refractivity contribution in [3.8, 4) is 11.5 Å². The van der Waals surface area contributed by atoms with Gasteiger partial charge in [-0.15, -0.1) is 0 Å². The number of carbonyl (C=O) groups excluding carboxylic acids is 3. The van der Waals surface area contributed by atoms with Crippen LogP contribution >= 0.6 is 11.8 Å². The fourth-order valence-corrected chi connectivity index (χ4v) is 5.06. The van der Waals surface area contributed by atoms with Crippen LogP contribution in [0, 0.1) is 0 Å². The van der Waals surface area contributed by atoms with Gasteiger partial charge in [-0.25, -0.2) is 4.79 Å². The Labute approximate surface area is 237 Å². The second kappa shape index (κ2) is 14.6. The molecule has 0 spiro atoms. The highest BCUT2D eigenvalue weighted by molar-refractivity contribution is 7.98. The Bertz CT molecular complexity index is 1180. The third-order valence-electron chi connectivity index (χ3n) is 6.78. The maximum absolute atomic E-state index is 13.5. The Balaban J connectivity index is 1.76. The maximum Gasteiger partial charge on any atom is 0.326 e. The molecule has 0 radical (unpaired) electrons. The summed E-state index contributed by atoms with van der Waals surface area (Å²) in [6.45, 7) is 0.260. The SMILES string of the molecule is CSCCC(NC(=O)C(N)Cc1ccc(O)cc1)C(=O)NC(Cc1ccc(O)cc1)C(=O)N1CCCC1C(=O)O. The molecule has 1 aliphatic rings. The first-order chi connectivity index (χ1) is 19.1. The molecule has 1 aliphatic heterocycles. The molecule has 216 valence electrons. The number of thioether (sulfide) groups is 1. The summed E-state index contributed by atoms with van der Waals surface area (Å²) in [7, 11) is 0. The minimum atomic E-state index is -1.10. The van der Waals surface area contributed by atoms with E-state index in [0.717, 1.165) is 5.56 Å². The van der Waals surface area contributed by atoms with E-state index >= 15 is 0 Å². The Kier molecular flexibility index (Phi) is 11.2. The first kappa shape index (κ1) is 30.8. The first-order valence-corrected chi connectivity index (χ1v) is 14.4. The standard InChI is InChI=1S/C28H36N4O7S/c1-40-14-12-22(30-25(35)21(29)15-17-4-8-19(33)9-5-17)26(36)31-23(16-18-6-10-20(34)11-7-18)27(37)32-13-2-3-24(32)28(38)39/h4-11,21-24,33-34H,2-3,12-16,29H2,1H3,(H,30,35)(H,31,36)(H,38,39). The topological polar surface area (TPSA) is 182 Å². The van der Waals surface area contributed by atoms with Crippen LogP contribution in [0.3, 0.4) is 0 Å². The lowest BCUT2D eigenvalue weighted by Crippen LogP contribution is -2.58. The molecule has 40 heavy (non-hydrogen) atoms. The number of aromatic hydroxyl groups is 2. The number of carboxylic acids is 1. The van der Waals surface area contributed by atoms with Crippen molar-refractivity contribution < 1.29 is 34.5 Å². The Hall–Kier alpha value is -3.77. The number of aliphatic carboxylic acids is 1. The fourth-order valence-electron chi connectivity index (χ4n) is 4.59. The normalized spacial score (nSPS) is 17.1. The van der Waals surface area contributed by atoms with Gasteiger partial charge >= 0.3 is 5.97 Å². The molecule has 4 unspecified atom stereocenters. The number of phenolic OH excluding ortho intramolecular Hbond substituents is 2. The molecule has 12 heteroatoms. The Morgan fingerprint density at radius 3 is 2.02 bits per heavy atom. The van der Waals surface area contributed by atoms with Crippen LogP contribution in [0.25, 0.3) is 0 Å². The van der Waals surface area contributed by atoms with Crippen molar-refractivity contribution in [1.82, 2.24) is 15.5 Å². The van der Waals surface area contributed by atoms with E-state index in [9.17, 15) is 34.5 Å². The third kappa shape index (κ3) is 8.62. The molecule has 0 aliphatic carbocycles. The zero-order valence-electron chi connectivity index (χ0n) is 22.3. The van der Waals surface area contributed by atoms with Crippen LogP contribution in [0.1, 0.15) is 30.4 Å². The summed E-state index contributed by atoms with van der Waals surface area (Å²) in [6, 6.07) is 8.48. The van der Waals surface area contributed by atoms with E-state index in [1.165, 1.54) is 40.9 Å². The summed E-state index contributed by atoms with van der Waals surface area (Å²) >= 11 is 1.49. The zero-order valence-corrected chi connectivity index (χ0v) is 23.1. The van der Waals surface area contributed by atoms with E-state index in [0.29, 0.717) is 24.2 Å². The number of nitrogens with one attached hydrogen (secondary N) is 2. The molecule has 2 aromatic rings. The molecule has 4 atom stereocenters. The van der Waals surface area contributed by atoms with Gasteiger partial charge in [-0.3, -0.25) is 14.4 Å². The minimum absolute atomic E-state index is 0.0460. The smallest absolute Gasteiger partial charge is 0.326 e. The quantitative estimate of drug-likeness (QED) is 0.204. The second-order valence-electron chi connectivity index (χ2n) is 9.78. The molecule has 7 N–H and O–H groups in total. The van der Waals surface area contributed by atoms with Gasteiger partial charge in [0.1, 0.15) is 29.6 Å². The largest absolute Gasteiger partial charge is 0.508 e. The van der Waals surface area contributed by atoms with Crippen molar-refractivity contribution >= 4 is 35.5 Å². The number of rotatable bonds is 13. The number of phenols is 2. The average Bonchev–Trinajstić information content (AvgIpc) is 3.43. The van der Waals surface area contributed by atoms with Crippen molar-refractivity contribution in [2.75, 3.05) is 18.6 Å². The van der Waals surface area contributed by atoms with E-state index < -0.39 is 47.9 Å². The van der Waals surface area contributed by atoms with Gasteiger partial charge in [0, 0.05) is 13.0 Å². The summed E-state index contributed by atoms with van der Waals surface area (Å²) in [5, 5.41) is 34.1.